The number of fused-ring (bicyclic) bond motifs is 2. The molecule has 0 aliphatic heterocycles. The van der Waals surface area contributed by atoms with E-state index in [9.17, 15) is 14.7 Å². The summed E-state index contributed by atoms with van der Waals surface area (Å²) in [6, 6.07) is 8.68. The van der Waals surface area contributed by atoms with Gasteiger partial charge in [0.05, 0.1) is 18.3 Å². The number of furan rings is 1. The van der Waals surface area contributed by atoms with Crippen molar-refractivity contribution in [3.05, 3.63) is 58.5 Å². The molecule has 0 saturated heterocycles. The normalized spacial score (nSPS) is 19.7. The summed E-state index contributed by atoms with van der Waals surface area (Å²) in [5.41, 5.74) is 0.593. The zero-order chi connectivity index (χ0) is 17.4. The van der Waals surface area contributed by atoms with Crippen LogP contribution < -0.4 is 11.1 Å². The van der Waals surface area contributed by atoms with Crippen LogP contribution in [0.4, 0.5) is 0 Å². The van der Waals surface area contributed by atoms with Crippen LogP contribution in [0, 0.1) is 0 Å². The van der Waals surface area contributed by atoms with E-state index in [1.165, 1.54) is 4.57 Å². The van der Waals surface area contributed by atoms with E-state index >= 15 is 0 Å². The number of rotatable bonds is 4. The van der Waals surface area contributed by atoms with E-state index in [2.05, 4.69) is 5.32 Å². The highest BCUT2D eigenvalue weighted by Gasteiger charge is 2.36. The van der Waals surface area contributed by atoms with Crippen molar-refractivity contribution in [3.8, 4) is 0 Å². The molecule has 1 unspecified atom stereocenters. The predicted octanol–water partition coefficient (Wildman–Crippen LogP) is 1.53. The summed E-state index contributed by atoms with van der Waals surface area (Å²) >= 11 is 0. The van der Waals surface area contributed by atoms with E-state index < -0.39 is 11.4 Å². The lowest BCUT2D eigenvalue weighted by Gasteiger charge is -2.31. The summed E-state index contributed by atoms with van der Waals surface area (Å²) in [5.74, 6) is -0.178. The van der Waals surface area contributed by atoms with E-state index in [4.69, 9.17) is 8.83 Å². The van der Waals surface area contributed by atoms with Gasteiger partial charge >= 0.3 is 5.76 Å². The van der Waals surface area contributed by atoms with Crippen molar-refractivity contribution < 1.29 is 18.7 Å². The molecule has 2 N–H and O–H groups in total. The molecule has 4 rings (SSSR count). The van der Waals surface area contributed by atoms with Crippen LogP contribution in [0.2, 0.25) is 0 Å². The van der Waals surface area contributed by atoms with Gasteiger partial charge < -0.3 is 19.3 Å². The topological polar surface area (TPSA) is 97.6 Å². The van der Waals surface area contributed by atoms with Gasteiger partial charge in [0.25, 0.3) is 0 Å². The summed E-state index contributed by atoms with van der Waals surface area (Å²) in [6.45, 7) is -0.0902. The van der Waals surface area contributed by atoms with Crippen molar-refractivity contribution in [2.75, 3.05) is 6.54 Å². The number of carbonyl (C=O) groups is 1. The molecule has 25 heavy (non-hydrogen) atoms. The highest BCUT2D eigenvalue weighted by molar-refractivity contribution is 5.79. The third-order valence-corrected chi connectivity index (χ3v) is 4.69. The number of oxazole rings is 1. The quantitative estimate of drug-likeness (QED) is 0.749. The van der Waals surface area contributed by atoms with E-state index in [0.29, 0.717) is 17.5 Å². The average molecular weight is 342 g/mol. The first kappa shape index (κ1) is 15.7. The van der Waals surface area contributed by atoms with Crippen molar-refractivity contribution in [1.82, 2.24) is 9.88 Å². The number of nitrogens with zero attached hydrogens (tertiary/aromatic N) is 1. The lowest BCUT2D eigenvalue weighted by molar-refractivity contribution is -0.123. The smallest absolute Gasteiger partial charge is 0.420 e. The fourth-order valence-corrected chi connectivity index (χ4v) is 3.42. The molecule has 0 bridgehead atoms. The van der Waals surface area contributed by atoms with Crippen molar-refractivity contribution in [3.63, 3.8) is 0 Å². The van der Waals surface area contributed by atoms with Crippen LogP contribution >= 0.6 is 0 Å². The number of aliphatic hydroxyl groups is 1. The zero-order valence-electron chi connectivity index (χ0n) is 13.5. The SMILES string of the molecule is O=C(Cn1c(=O)oc2ccccc21)NCC1(O)CCCc2occc21. The number of benzene rings is 1. The first-order chi connectivity index (χ1) is 12.1. The first-order valence-corrected chi connectivity index (χ1v) is 8.21. The van der Waals surface area contributed by atoms with Gasteiger partial charge in [-0.2, -0.15) is 0 Å². The lowest BCUT2D eigenvalue weighted by atomic mass is 9.83. The summed E-state index contributed by atoms with van der Waals surface area (Å²) in [4.78, 5) is 24.2. The highest BCUT2D eigenvalue weighted by Crippen LogP contribution is 2.35. The molecule has 2 heterocycles. The standard InChI is InChI=1S/C18H18N2O5/c21-16(10-20-13-4-1-2-5-15(13)25-17(20)22)19-11-18(23)8-3-6-14-12(18)7-9-24-14/h1-2,4-5,7,9,23H,3,6,8,10-11H2,(H,19,21). The molecule has 0 radical (unpaired) electrons. The maximum absolute atomic E-state index is 12.3. The Morgan fingerprint density at radius 1 is 1.32 bits per heavy atom. The maximum Gasteiger partial charge on any atom is 0.420 e. The average Bonchev–Trinajstić information content (AvgIpc) is 3.20. The minimum absolute atomic E-state index is 0.0723. The van der Waals surface area contributed by atoms with E-state index in [0.717, 1.165) is 24.2 Å². The van der Waals surface area contributed by atoms with Gasteiger partial charge in [0, 0.05) is 12.0 Å². The Morgan fingerprint density at radius 2 is 2.16 bits per heavy atom. The molecule has 0 saturated carbocycles. The number of hydrogen-bond acceptors (Lipinski definition) is 5. The second-order valence-corrected chi connectivity index (χ2v) is 6.34. The van der Waals surface area contributed by atoms with Gasteiger partial charge in [0.2, 0.25) is 5.91 Å². The third-order valence-electron chi connectivity index (χ3n) is 4.69. The van der Waals surface area contributed by atoms with Crippen molar-refractivity contribution >= 4 is 17.0 Å². The fourth-order valence-electron chi connectivity index (χ4n) is 3.42. The molecule has 130 valence electrons. The molecule has 1 aliphatic carbocycles. The third kappa shape index (κ3) is 2.76. The molecule has 7 nitrogen and oxygen atoms in total. The Morgan fingerprint density at radius 3 is 3.04 bits per heavy atom. The second kappa shape index (κ2) is 5.93. The Balaban J connectivity index is 1.48. The number of aromatic nitrogens is 1. The van der Waals surface area contributed by atoms with Crippen LogP contribution in [0.15, 0.2) is 50.2 Å². The van der Waals surface area contributed by atoms with Gasteiger partial charge in [-0.3, -0.25) is 9.36 Å². The number of aryl methyl sites for hydroxylation is 1. The highest BCUT2D eigenvalue weighted by atomic mass is 16.4. The monoisotopic (exact) mass is 342 g/mol. The molecule has 0 spiro atoms. The Labute approximate surface area is 142 Å². The van der Waals surface area contributed by atoms with Crippen molar-refractivity contribution in [2.24, 2.45) is 0 Å². The van der Waals surface area contributed by atoms with Crippen molar-refractivity contribution in [1.29, 1.82) is 0 Å². The van der Waals surface area contributed by atoms with Crippen LogP contribution in [0.1, 0.15) is 24.2 Å². The molecule has 1 atom stereocenters. The predicted molar refractivity (Wildman–Crippen MR) is 89.0 cm³/mol. The Kier molecular flexibility index (Phi) is 3.73. The van der Waals surface area contributed by atoms with Crippen LogP contribution in [-0.4, -0.2) is 22.1 Å². The van der Waals surface area contributed by atoms with Gasteiger partial charge in [-0.25, -0.2) is 4.79 Å². The van der Waals surface area contributed by atoms with Crippen LogP contribution in [0.3, 0.4) is 0 Å². The maximum atomic E-state index is 12.3. The van der Waals surface area contributed by atoms with Gasteiger partial charge in [0.15, 0.2) is 5.58 Å². The fraction of sp³-hybridized carbons (Fsp3) is 0.333. The summed E-state index contributed by atoms with van der Waals surface area (Å²) in [7, 11) is 0. The van der Waals surface area contributed by atoms with Gasteiger partial charge in [-0.15, -0.1) is 0 Å². The number of carbonyl (C=O) groups excluding carboxylic acids is 1. The molecule has 1 aliphatic rings. The van der Waals surface area contributed by atoms with Crippen LogP contribution in [0.5, 0.6) is 0 Å². The number of nitrogens with one attached hydrogen (secondary N) is 1. The Hall–Kier alpha value is -2.80. The van der Waals surface area contributed by atoms with Gasteiger partial charge in [0.1, 0.15) is 17.9 Å². The molecule has 7 heteroatoms. The van der Waals surface area contributed by atoms with E-state index in [1.54, 1.807) is 36.6 Å². The largest absolute Gasteiger partial charge is 0.469 e. The van der Waals surface area contributed by atoms with Gasteiger partial charge in [-0.1, -0.05) is 12.1 Å². The van der Waals surface area contributed by atoms with Crippen LogP contribution in [-0.2, 0) is 23.4 Å². The molecule has 1 aromatic carbocycles. The minimum Gasteiger partial charge on any atom is -0.469 e. The molecule has 2 aromatic heterocycles. The number of hydrogen-bond donors (Lipinski definition) is 2. The summed E-state index contributed by atoms with van der Waals surface area (Å²) in [5, 5.41) is 13.6. The Bertz CT molecular complexity index is 983. The number of para-hydroxylation sites is 2. The van der Waals surface area contributed by atoms with Crippen molar-refractivity contribution in [2.45, 2.75) is 31.4 Å². The lowest BCUT2D eigenvalue weighted by Crippen LogP contribution is -2.43. The summed E-state index contributed by atoms with van der Waals surface area (Å²) < 4.78 is 11.8. The van der Waals surface area contributed by atoms with Gasteiger partial charge in [-0.05, 0) is 31.0 Å². The molecule has 3 aromatic rings. The van der Waals surface area contributed by atoms with E-state index in [1.807, 2.05) is 0 Å². The summed E-state index contributed by atoms with van der Waals surface area (Å²) in [6.07, 6.45) is 3.68. The number of amides is 1. The zero-order valence-corrected chi connectivity index (χ0v) is 13.5. The minimum atomic E-state index is -1.14. The first-order valence-electron chi connectivity index (χ1n) is 8.21. The molecular formula is C18H18N2O5. The second-order valence-electron chi connectivity index (χ2n) is 6.34. The molecular weight excluding hydrogens is 324 g/mol. The molecule has 1 amide bonds. The van der Waals surface area contributed by atoms with Crippen LogP contribution in [0.25, 0.3) is 11.1 Å². The van der Waals surface area contributed by atoms with E-state index in [-0.39, 0.29) is 19.0 Å². The molecule has 0 fully saturated rings.